The molecule has 1 fully saturated rings. The summed E-state index contributed by atoms with van der Waals surface area (Å²) < 4.78 is 5.77. The van der Waals surface area contributed by atoms with Gasteiger partial charge >= 0.3 is 6.09 Å². The predicted octanol–water partition coefficient (Wildman–Crippen LogP) is 3.52. The van der Waals surface area contributed by atoms with Crippen LogP contribution in [-0.4, -0.2) is 35.3 Å². The number of nitriles is 1. The molecule has 7 heteroatoms. The third-order valence-corrected chi connectivity index (χ3v) is 5.76. The Morgan fingerprint density at radius 1 is 1.20 bits per heavy atom. The van der Waals surface area contributed by atoms with Crippen LogP contribution in [0.3, 0.4) is 0 Å². The number of rotatable bonds is 7. The largest absolute Gasteiger partial charge is 0.508 e. The average Bonchev–Trinajstić information content (AvgIpc) is 2.68. The van der Waals surface area contributed by atoms with Gasteiger partial charge in [0.25, 0.3) is 0 Å². The van der Waals surface area contributed by atoms with Gasteiger partial charge in [0, 0.05) is 6.42 Å². The van der Waals surface area contributed by atoms with Crippen molar-refractivity contribution >= 4 is 12.0 Å². The highest BCUT2D eigenvalue weighted by molar-refractivity contribution is 5.86. The Hall–Kier alpha value is -2.75. The number of phenols is 1. The molecule has 164 valence electrons. The molecule has 5 unspecified atom stereocenters. The van der Waals surface area contributed by atoms with Gasteiger partial charge < -0.3 is 20.5 Å². The van der Waals surface area contributed by atoms with E-state index in [0.29, 0.717) is 17.8 Å². The Morgan fingerprint density at radius 3 is 2.47 bits per heavy atom. The topological polar surface area (TPSA) is 111 Å². The minimum atomic E-state index is -0.892. The summed E-state index contributed by atoms with van der Waals surface area (Å²) in [4.78, 5) is 25.3. The van der Waals surface area contributed by atoms with Gasteiger partial charge in [-0.25, -0.2) is 4.79 Å². The van der Waals surface area contributed by atoms with E-state index in [-0.39, 0.29) is 18.3 Å². The third kappa shape index (κ3) is 6.94. The van der Waals surface area contributed by atoms with Gasteiger partial charge in [-0.2, -0.15) is 5.26 Å². The highest BCUT2D eigenvalue weighted by Gasteiger charge is 2.34. The van der Waals surface area contributed by atoms with Crippen molar-refractivity contribution in [2.75, 3.05) is 0 Å². The average molecular weight is 416 g/mol. The van der Waals surface area contributed by atoms with E-state index >= 15 is 0 Å². The summed E-state index contributed by atoms with van der Waals surface area (Å²) >= 11 is 0. The molecule has 0 heterocycles. The number of phenolic OH excluding ortho intramolecular Hbond substituents is 1. The maximum atomic E-state index is 12.7. The molecule has 5 atom stereocenters. The van der Waals surface area contributed by atoms with E-state index in [0.717, 1.165) is 24.8 Å². The second-order valence-corrected chi connectivity index (χ2v) is 8.70. The molecule has 1 aliphatic rings. The molecule has 0 aromatic heterocycles. The predicted molar refractivity (Wildman–Crippen MR) is 114 cm³/mol. The molecule has 0 radical (unpaired) electrons. The zero-order chi connectivity index (χ0) is 22.3. The maximum Gasteiger partial charge on any atom is 0.408 e. The van der Waals surface area contributed by atoms with Crippen molar-refractivity contribution in [3.63, 3.8) is 0 Å². The van der Waals surface area contributed by atoms with Crippen LogP contribution in [0.2, 0.25) is 0 Å². The second kappa shape index (κ2) is 10.9. The van der Waals surface area contributed by atoms with Gasteiger partial charge in [0.15, 0.2) is 0 Å². The number of benzene rings is 1. The molecule has 0 spiro atoms. The first-order valence-corrected chi connectivity index (χ1v) is 10.6. The number of alkyl carbamates (subject to hydrolysis) is 1. The minimum absolute atomic E-state index is 0.122. The van der Waals surface area contributed by atoms with Gasteiger partial charge in [-0.1, -0.05) is 39.3 Å². The van der Waals surface area contributed by atoms with Crippen LogP contribution < -0.4 is 10.6 Å². The molecular formula is C23H33N3O4. The number of ether oxygens (including phenoxy) is 1. The molecular weight excluding hydrogens is 382 g/mol. The fraction of sp³-hybridized carbons (Fsp3) is 0.609. The molecule has 2 rings (SSSR count). The lowest BCUT2D eigenvalue weighted by atomic mass is 9.75. The van der Waals surface area contributed by atoms with Crippen LogP contribution in [0.15, 0.2) is 24.3 Å². The summed E-state index contributed by atoms with van der Waals surface area (Å²) in [6.45, 7) is 8.01. The number of aromatic hydroxyl groups is 1. The molecule has 7 nitrogen and oxygen atoms in total. The third-order valence-electron chi connectivity index (χ3n) is 5.76. The van der Waals surface area contributed by atoms with Crippen LogP contribution >= 0.6 is 0 Å². The van der Waals surface area contributed by atoms with Crippen LogP contribution in [-0.2, 0) is 16.0 Å². The van der Waals surface area contributed by atoms with Gasteiger partial charge in [-0.3, -0.25) is 4.79 Å². The van der Waals surface area contributed by atoms with Crippen molar-refractivity contribution in [3.05, 3.63) is 29.8 Å². The summed E-state index contributed by atoms with van der Waals surface area (Å²) in [5.74, 6) is 0.867. The number of hydrogen-bond donors (Lipinski definition) is 3. The Morgan fingerprint density at radius 2 is 1.87 bits per heavy atom. The van der Waals surface area contributed by atoms with Crippen LogP contribution in [0.5, 0.6) is 5.75 Å². The van der Waals surface area contributed by atoms with Crippen molar-refractivity contribution in [2.45, 2.75) is 71.6 Å². The molecule has 2 amide bonds. The number of nitrogens with zero attached hydrogens (tertiary/aromatic N) is 1. The second-order valence-electron chi connectivity index (χ2n) is 8.70. The van der Waals surface area contributed by atoms with Crippen molar-refractivity contribution in [2.24, 2.45) is 17.8 Å². The molecule has 3 N–H and O–H groups in total. The zero-order valence-electron chi connectivity index (χ0n) is 18.2. The van der Waals surface area contributed by atoms with E-state index < -0.39 is 24.1 Å². The molecule has 0 saturated heterocycles. The SMILES string of the molecule is CC1CCC(C(C)C)C(OC(=O)NC(Cc2ccc(O)cc2)C(=O)NC(C)C#N)C1. The molecule has 1 aliphatic carbocycles. The van der Waals surface area contributed by atoms with Crippen molar-refractivity contribution < 1.29 is 19.4 Å². The highest BCUT2D eigenvalue weighted by atomic mass is 16.6. The summed E-state index contributed by atoms with van der Waals surface area (Å²) in [6.07, 6.45) is 2.38. The fourth-order valence-electron chi connectivity index (χ4n) is 3.99. The van der Waals surface area contributed by atoms with Gasteiger partial charge in [-0.05, 0) is 55.2 Å². The maximum absolute atomic E-state index is 12.7. The lowest BCUT2D eigenvalue weighted by Crippen LogP contribution is -2.51. The number of carbonyl (C=O) groups excluding carboxylic acids is 2. The number of hydrogen-bond acceptors (Lipinski definition) is 5. The Kier molecular flexibility index (Phi) is 8.52. The van der Waals surface area contributed by atoms with Crippen molar-refractivity contribution in [1.29, 1.82) is 5.26 Å². The molecule has 1 saturated carbocycles. The van der Waals surface area contributed by atoms with E-state index in [4.69, 9.17) is 10.00 Å². The normalized spacial score (nSPS) is 23.1. The van der Waals surface area contributed by atoms with Gasteiger partial charge in [0.1, 0.15) is 23.9 Å². The summed E-state index contributed by atoms with van der Waals surface area (Å²) in [5.41, 5.74) is 0.768. The Labute approximate surface area is 178 Å². The van der Waals surface area contributed by atoms with Crippen LogP contribution in [0.25, 0.3) is 0 Å². The number of carbonyl (C=O) groups is 2. The lowest BCUT2D eigenvalue weighted by Gasteiger charge is -2.36. The van der Waals surface area contributed by atoms with E-state index in [1.807, 2.05) is 6.07 Å². The molecule has 0 aliphatic heterocycles. The van der Waals surface area contributed by atoms with Crippen molar-refractivity contribution in [1.82, 2.24) is 10.6 Å². The van der Waals surface area contributed by atoms with Gasteiger partial charge in [-0.15, -0.1) is 0 Å². The van der Waals surface area contributed by atoms with E-state index in [2.05, 4.69) is 31.4 Å². The summed E-state index contributed by atoms with van der Waals surface area (Å²) in [6, 6.07) is 6.81. The van der Waals surface area contributed by atoms with Gasteiger partial charge in [0.2, 0.25) is 5.91 Å². The minimum Gasteiger partial charge on any atom is -0.508 e. The summed E-state index contributed by atoms with van der Waals surface area (Å²) in [7, 11) is 0. The van der Waals surface area contributed by atoms with Crippen LogP contribution in [0, 0.1) is 29.1 Å². The fourth-order valence-corrected chi connectivity index (χ4v) is 3.99. The number of amides is 2. The first-order chi connectivity index (χ1) is 14.2. The highest BCUT2D eigenvalue weighted by Crippen LogP contribution is 2.35. The van der Waals surface area contributed by atoms with E-state index in [1.54, 1.807) is 19.1 Å². The Balaban J connectivity index is 2.09. The summed E-state index contributed by atoms with van der Waals surface area (Å²) in [5, 5.41) is 23.7. The van der Waals surface area contributed by atoms with E-state index in [1.165, 1.54) is 12.1 Å². The molecule has 0 bridgehead atoms. The quantitative estimate of drug-likeness (QED) is 0.631. The monoisotopic (exact) mass is 415 g/mol. The Bertz CT molecular complexity index is 757. The lowest BCUT2D eigenvalue weighted by molar-refractivity contribution is -0.123. The first-order valence-electron chi connectivity index (χ1n) is 10.6. The van der Waals surface area contributed by atoms with Crippen LogP contribution in [0.4, 0.5) is 4.79 Å². The smallest absolute Gasteiger partial charge is 0.408 e. The molecule has 30 heavy (non-hydrogen) atoms. The van der Waals surface area contributed by atoms with Crippen molar-refractivity contribution in [3.8, 4) is 11.8 Å². The van der Waals surface area contributed by atoms with Gasteiger partial charge in [0.05, 0.1) is 6.07 Å². The van der Waals surface area contributed by atoms with E-state index in [9.17, 15) is 14.7 Å². The first kappa shape index (κ1) is 23.5. The zero-order valence-corrected chi connectivity index (χ0v) is 18.2. The standard InChI is InChI=1S/C23H33N3O4/c1-14(2)19-10-5-15(3)11-21(19)30-23(29)26-20(22(28)25-16(4)13-24)12-17-6-8-18(27)9-7-17/h6-9,14-16,19-21,27H,5,10-12H2,1-4H3,(H,25,28)(H,26,29). The molecule has 1 aromatic rings. The van der Waals surface area contributed by atoms with Crippen LogP contribution in [0.1, 0.15) is 52.5 Å². The number of nitrogens with one attached hydrogen (secondary N) is 2. The molecule has 1 aromatic carbocycles.